The van der Waals surface area contributed by atoms with Crippen molar-refractivity contribution in [3.05, 3.63) is 24.3 Å². The molecule has 1 aliphatic heterocycles. The number of nitrogens with one attached hydrogen (secondary N) is 2. The molecule has 0 aliphatic carbocycles. The molecule has 2 aromatic rings. The molecule has 6 nitrogen and oxygen atoms in total. The Morgan fingerprint density at radius 3 is 2.62 bits per heavy atom. The van der Waals surface area contributed by atoms with Crippen LogP contribution in [0, 0.1) is 0 Å². The van der Waals surface area contributed by atoms with Crippen LogP contribution < -0.4 is 5.32 Å². The van der Waals surface area contributed by atoms with Crippen molar-refractivity contribution in [1.82, 2.24) is 24.2 Å². The lowest BCUT2D eigenvalue weighted by Gasteiger charge is -2.30. The molecule has 3 rings (SSSR count). The number of alkyl halides is 3. The van der Waals surface area contributed by atoms with Gasteiger partial charge in [0.25, 0.3) is 0 Å². The molecule has 1 aliphatic rings. The monoisotopic (exact) mass is 358 g/mol. The van der Waals surface area contributed by atoms with Gasteiger partial charge in [-0.25, -0.2) is 15.0 Å². The summed E-state index contributed by atoms with van der Waals surface area (Å²) >= 11 is 1.70. The number of halogens is 3. The molecule has 0 bridgehead atoms. The zero-order chi connectivity index (χ0) is 17.2. The molecule has 130 valence electrons. The maximum atomic E-state index is 13.2. The minimum Gasteiger partial charge on any atom is -0.351 e. The number of aromatic amines is 1. The van der Waals surface area contributed by atoms with Crippen molar-refractivity contribution in [2.75, 3.05) is 24.7 Å². The normalized spacial score (nSPS) is 17.2. The van der Waals surface area contributed by atoms with Gasteiger partial charge in [0.05, 0.1) is 6.33 Å². The second-order valence-corrected chi connectivity index (χ2v) is 6.32. The number of imidazole rings is 1. The highest BCUT2D eigenvalue weighted by Gasteiger charge is 2.36. The van der Waals surface area contributed by atoms with Crippen LogP contribution in [0.5, 0.6) is 0 Å². The van der Waals surface area contributed by atoms with Crippen LogP contribution >= 0.6 is 11.9 Å². The summed E-state index contributed by atoms with van der Waals surface area (Å²) in [5.41, 5.74) is -0.967. The van der Waals surface area contributed by atoms with Gasteiger partial charge in [-0.15, -0.1) is 0 Å². The van der Waals surface area contributed by atoms with E-state index in [9.17, 15) is 13.2 Å². The molecule has 0 unspecified atom stereocenters. The first kappa shape index (κ1) is 17.0. The van der Waals surface area contributed by atoms with E-state index >= 15 is 0 Å². The third-order valence-electron chi connectivity index (χ3n) is 3.88. The molecule has 0 spiro atoms. The van der Waals surface area contributed by atoms with Crippen LogP contribution in [0.4, 0.5) is 19.1 Å². The number of H-pyrrole nitrogens is 1. The van der Waals surface area contributed by atoms with Gasteiger partial charge in [0.2, 0.25) is 5.95 Å². The van der Waals surface area contributed by atoms with E-state index in [0.29, 0.717) is 0 Å². The number of nitrogens with zero attached hydrogens (tertiary/aromatic N) is 4. The lowest BCUT2D eigenvalue weighted by atomic mass is 10.1. The fourth-order valence-corrected chi connectivity index (χ4v) is 3.19. The molecular formula is C14H17F3N6S. The van der Waals surface area contributed by atoms with Crippen molar-refractivity contribution in [3.63, 3.8) is 0 Å². The fraction of sp³-hybridized carbons (Fsp3) is 0.500. The Morgan fingerprint density at radius 2 is 2.04 bits per heavy atom. The Balaban J connectivity index is 1.82. The first-order valence-electron chi connectivity index (χ1n) is 7.46. The van der Waals surface area contributed by atoms with E-state index in [1.54, 1.807) is 11.9 Å². The van der Waals surface area contributed by atoms with Gasteiger partial charge in [0.1, 0.15) is 17.0 Å². The number of piperidine rings is 1. The maximum Gasteiger partial charge on any atom is 0.420 e. The number of anilines is 1. The van der Waals surface area contributed by atoms with Gasteiger partial charge in [-0.1, -0.05) is 11.9 Å². The largest absolute Gasteiger partial charge is 0.420 e. The van der Waals surface area contributed by atoms with Crippen LogP contribution in [0.15, 0.2) is 18.7 Å². The van der Waals surface area contributed by atoms with E-state index in [1.165, 1.54) is 12.5 Å². The molecule has 0 amide bonds. The van der Waals surface area contributed by atoms with Gasteiger partial charge in [0.15, 0.2) is 0 Å². The van der Waals surface area contributed by atoms with Gasteiger partial charge in [-0.3, -0.25) is 4.31 Å². The summed E-state index contributed by atoms with van der Waals surface area (Å²) < 4.78 is 41.8. The van der Waals surface area contributed by atoms with Gasteiger partial charge >= 0.3 is 6.18 Å². The van der Waals surface area contributed by atoms with E-state index < -0.39 is 11.7 Å². The summed E-state index contributed by atoms with van der Waals surface area (Å²) in [5, 5.41) is 3.14. The fourth-order valence-electron chi connectivity index (χ4n) is 2.61. The molecule has 0 saturated carbocycles. The van der Waals surface area contributed by atoms with E-state index in [2.05, 4.69) is 29.6 Å². The Morgan fingerprint density at radius 1 is 1.29 bits per heavy atom. The zero-order valence-corrected chi connectivity index (χ0v) is 13.8. The Bertz CT molecular complexity index is 668. The van der Waals surface area contributed by atoms with Crippen molar-refractivity contribution in [2.45, 2.75) is 25.1 Å². The van der Waals surface area contributed by atoms with Crippen molar-refractivity contribution < 1.29 is 13.2 Å². The summed E-state index contributed by atoms with van der Waals surface area (Å²) in [6.45, 7) is 1.84. The van der Waals surface area contributed by atoms with E-state index in [4.69, 9.17) is 0 Å². The molecule has 1 fully saturated rings. The van der Waals surface area contributed by atoms with Crippen LogP contribution in [0.3, 0.4) is 0 Å². The summed E-state index contributed by atoms with van der Waals surface area (Å²) in [4.78, 5) is 14.5. The van der Waals surface area contributed by atoms with Crippen LogP contribution in [0.2, 0.25) is 0 Å². The summed E-state index contributed by atoms with van der Waals surface area (Å²) in [6.07, 6.45) is 2.81. The molecule has 3 heterocycles. The lowest BCUT2D eigenvalue weighted by Crippen LogP contribution is -2.35. The number of hydrogen-bond donors (Lipinski definition) is 2. The molecule has 0 radical (unpaired) electrons. The van der Waals surface area contributed by atoms with Gasteiger partial charge in [0, 0.05) is 31.5 Å². The zero-order valence-electron chi connectivity index (χ0n) is 13.0. The molecule has 24 heavy (non-hydrogen) atoms. The Labute approximate surface area is 141 Å². The Kier molecular flexibility index (Phi) is 4.95. The number of hydrogen-bond acceptors (Lipinski definition) is 6. The first-order chi connectivity index (χ1) is 11.5. The average molecular weight is 358 g/mol. The second kappa shape index (κ2) is 6.98. The van der Waals surface area contributed by atoms with E-state index in [-0.39, 0.29) is 23.4 Å². The summed E-state index contributed by atoms with van der Waals surface area (Å²) in [5.74, 6) is 0.198. The summed E-state index contributed by atoms with van der Waals surface area (Å²) in [7, 11) is 0. The number of aromatic nitrogens is 4. The van der Waals surface area contributed by atoms with Gasteiger partial charge < -0.3 is 10.3 Å². The molecule has 0 atom stereocenters. The second-order valence-electron chi connectivity index (χ2n) is 5.44. The molecular weight excluding hydrogens is 341 g/mol. The minimum atomic E-state index is -4.53. The van der Waals surface area contributed by atoms with Gasteiger partial charge in [-0.2, -0.15) is 13.2 Å². The molecule has 0 aromatic carbocycles. The molecule has 2 aromatic heterocycles. The third-order valence-corrected chi connectivity index (χ3v) is 4.76. The van der Waals surface area contributed by atoms with Gasteiger partial charge in [-0.05, 0) is 19.1 Å². The van der Waals surface area contributed by atoms with E-state index in [0.717, 1.165) is 32.1 Å². The smallest absolute Gasteiger partial charge is 0.351 e. The van der Waals surface area contributed by atoms with Crippen LogP contribution in [0.25, 0.3) is 11.4 Å². The third kappa shape index (κ3) is 3.81. The minimum absolute atomic E-state index is 0.143. The van der Waals surface area contributed by atoms with Crippen molar-refractivity contribution in [1.29, 1.82) is 0 Å². The predicted octanol–water partition coefficient (Wildman–Crippen LogP) is 3.04. The molecule has 1 saturated heterocycles. The highest BCUT2D eigenvalue weighted by atomic mass is 32.2. The average Bonchev–Trinajstić information content (AvgIpc) is 3.09. The topological polar surface area (TPSA) is 69.7 Å². The van der Waals surface area contributed by atoms with Crippen molar-refractivity contribution in [2.24, 2.45) is 0 Å². The predicted molar refractivity (Wildman–Crippen MR) is 86.3 cm³/mol. The lowest BCUT2D eigenvalue weighted by molar-refractivity contribution is -0.137. The quantitative estimate of drug-likeness (QED) is 0.819. The Hall–Kier alpha value is -1.81. The standard InChI is InChI=1S/C14H17F3N6S/c1-24-23-4-2-9(3-5-23)21-13-19-6-10(14(15,16)17)12(22-13)11-7-18-8-20-11/h6-9H,2-5H2,1H3,(H,18,20)(H,19,21,22). The molecule has 2 N–H and O–H groups in total. The summed E-state index contributed by atoms with van der Waals surface area (Å²) in [6, 6.07) is 0.150. The van der Waals surface area contributed by atoms with E-state index in [1.807, 2.05) is 6.26 Å². The maximum absolute atomic E-state index is 13.2. The van der Waals surface area contributed by atoms with Crippen LogP contribution in [-0.2, 0) is 6.18 Å². The highest BCUT2D eigenvalue weighted by Crippen LogP contribution is 2.35. The van der Waals surface area contributed by atoms with Crippen molar-refractivity contribution in [3.8, 4) is 11.4 Å². The number of rotatable bonds is 4. The van der Waals surface area contributed by atoms with Crippen LogP contribution in [0.1, 0.15) is 18.4 Å². The van der Waals surface area contributed by atoms with Crippen LogP contribution in [-0.4, -0.2) is 49.6 Å². The first-order valence-corrected chi connectivity index (χ1v) is 8.64. The highest BCUT2D eigenvalue weighted by molar-refractivity contribution is 7.96. The SMILES string of the molecule is CSN1CCC(Nc2ncc(C(F)(F)F)c(-c3c[nH]cn3)n2)CC1. The van der Waals surface area contributed by atoms with Crippen molar-refractivity contribution >= 4 is 17.9 Å². The molecule has 10 heteroatoms.